The van der Waals surface area contributed by atoms with Crippen LogP contribution in [0.15, 0.2) is 58.5 Å². The monoisotopic (exact) mass is 612 g/mol. The van der Waals surface area contributed by atoms with Crippen LogP contribution in [0.25, 0.3) is 11.0 Å². The lowest BCUT2D eigenvalue weighted by Crippen LogP contribution is -2.27. The van der Waals surface area contributed by atoms with Crippen molar-refractivity contribution in [3.63, 3.8) is 0 Å². The summed E-state index contributed by atoms with van der Waals surface area (Å²) in [7, 11) is 1.00. The molecule has 1 saturated heterocycles. The third kappa shape index (κ3) is 9.34. The number of benzene rings is 2. The van der Waals surface area contributed by atoms with E-state index >= 15 is 0 Å². The van der Waals surface area contributed by atoms with Gasteiger partial charge in [-0.25, -0.2) is 4.79 Å². The van der Waals surface area contributed by atoms with Gasteiger partial charge in [0.15, 0.2) is 0 Å². The number of aryl methyl sites for hydroxylation is 2. The minimum Gasteiger partial charge on any atom is -0.462 e. The third-order valence-electron chi connectivity index (χ3n) is 8.49. The van der Waals surface area contributed by atoms with Crippen molar-refractivity contribution >= 4 is 22.9 Å². The molecule has 0 saturated carbocycles. The van der Waals surface area contributed by atoms with Gasteiger partial charge in [0.05, 0.1) is 5.92 Å². The van der Waals surface area contributed by atoms with Crippen molar-refractivity contribution in [1.29, 1.82) is 0 Å². The highest BCUT2D eigenvalue weighted by Gasteiger charge is 2.33. The fourth-order valence-electron chi connectivity index (χ4n) is 6.42. The van der Waals surface area contributed by atoms with E-state index in [0.29, 0.717) is 42.6 Å². The van der Waals surface area contributed by atoms with Crippen molar-refractivity contribution in [2.45, 2.75) is 85.7 Å². The first-order chi connectivity index (χ1) is 21.6. The van der Waals surface area contributed by atoms with Crippen LogP contribution in [0.4, 0.5) is 0 Å². The van der Waals surface area contributed by atoms with Crippen LogP contribution >= 0.6 is 0 Å². The molecule has 1 aromatic heterocycles. The molecule has 2 aliphatic rings. The Hall–Kier alpha value is -3.82. The van der Waals surface area contributed by atoms with Gasteiger partial charge >= 0.3 is 11.9 Å². The topological polar surface area (TPSA) is 86.0 Å². The highest BCUT2D eigenvalue weighted by atomic mass is 16.6. The van der Waals surface area contributed by atoms with Gasteiger partial charge < -0.3 is 19.0 Å². The summed E-state index contributed by atoms with van der Waals surface area (Å²) in [4.78, 5) is 25.5. The average molecular weight is 613 g/mol. The number of furan rings is 1. The molecular weight excluding hydrogens is 564 g/mol. The van der Waals surface area contributed by atoms with Crippen molar-refractivity contribution in [3.8, 4) is 11.8 Å². The second kappa shape index (κ2) is 16.0. The van der Waals surface area contributed by atoms with E-state index in [-0.39, 0.29) is 24.5 Å². The number of fused-ring (bicyclic) bond motifs is 3. The fraction of sp³-hybridized carbons (Fsp3) is 0.487. The van der Waals surface area contributed by atoms with Crippen LogP contribution in [0.5, 0.6) is 0 Å². The Kier molecular flexibility index (Phi) is 12.1. The summed E-state index contributed by atoms with van der Waals surface area (Å²) in [5, 5.41) is 8.07. The van der Waals surface area contributed by atoms with Gasteiger partial charge in [0.2, 0.25) is 0 Å². The highest BCUT2D eigenvalue weighted by Crippen LogP contribution is 2.35. The van der Waals surface area contributed by atoms with Crippen molar-refractivity contribution in [1.82, 2.24) is 0 Å². The number of hydrogen-bond acceptors (Lipinski definition) is 6. The van der Waals surface area contributed by atoms with Crippen LogP contribution in [0.2, 0.25) is 0 Å². The number of cyclic esters (lactones) is 1. The molecule has 1 aliphatic carbocycles. The van der Waals surface area contributed by atoms with Crippen molar-refractivity contribution in [2.75, 3.05) is 13.7 Å². The van der Waals surface area contributed by atoms with Crippen LogP contribution in [0.1, 0.15) is 87.8 Å². The maximum Gasteiger partial charge on any atom is 0.334 e. The molecule has 3 aromatic rings. The van der Waals surface area contributed by atoms with Crippen molar-refractivity contribution < 1.29 is 28.6 Å². The molecule has 2 unspecified atom stereocenters. The molecule has 240 valence electrons. The van der Waals surface area contributed by atoms with Gasteiger partial charge in [-0.3, -0.25) is 4.79 Å². The summed E-state index contributed by atoms with van der Waals surface area (Å²) in [6.07, 6.45) is 7.27. The number of hydrogen-bond donors (Lipinski definition) is 1. The van der Waals surface area contributed by atoms with Gasteiger partial charge in [-0.1, -0.05) is 63.3 Å². The summed E-state index contributed by atoms with van der Waals surface area (Å²) in [5.74, 6) is 8.37. The molecular formula is C39H48O6. The minimum atomic E-state index is -0.416. The zero-order valence-electron chi connectivity index (χ0n) is 27.7. The van der Waals surface area contributed by atoms with E-state index in [1.54, 1.807) is 0 Å². The normalized spacial score (nSPS) is 18.4. The second-order valence-electron chi connectivity index (χ2n) is 13.2. The first-order valence-corrected chi connectivity index (χ1v) is 16.3. The number of allylic oxidation sites excluding steroid dienone is 1. The number of aliphatic hydroxyl groups excluding tert-OH is 1. The Labute approximate surface area is 268 Å². The zero-order valence-corrected chi connectivity index (χ0v) is 27.7. The number of carbonyl (C=O) groups excluding carboxylic acids is 2. The predicted molar refractivity (Wildman–Crippen MR) is 178 cm³/mol. The fourth-order valence-corrected chi connectivity index (χ4v) is 6.42. The molecule has 1 fully saturated rings. The molecule has 2 atom stereocenters. The van der Waals surface area contributed by atoms with E-state index in [2.05, 4.69) is 70.7 Å². The van der Waals surface area contributed by atoms with Gasteiger partial charge in [-0.05, 0) is 87.1 Å². The number of ether oxygens (including phenoxy) is 2. The maximum atomic E-state index is 13.0. The molecule has 1 aliphatic heterocycles. The predicted octanol–water partition coefficient (Wildman–Crippen LogP) is 7.74. The van der Waals surface area contributed by atoms with Crippen LogP contribution < -0.4 is 0 Å². The molecule has 1 N–H and O–H groups in total. The molecule has 2 aromatic carbocycles. The van der Waals surface area contributed by atoms with E-state index in [1.165, 1.54) is 5.56 Å². The molecule has 45 heavy (non-hydrogen) atoms. The Bertz CT molecular complexity index is 1540. The van der Waals surface area contributed by atoms with Gasteiger partial charge in [0.1, 0.15) is 24.1 Å². The molecule has 5 rings (SSSR count). The molecule has 2 heterocycles. The lowest BCUT2D eigenvalue weighted by molar-refractivity contribution is -0.156. The Morgan fingerprint density at radius 3 is 2.36 bits per heavy atom. The van der Waals surface area contributed by atoms with Crippen LogP contribution in [0.3, 0.4) is 0 Å². The lowest BCUT2D eigenvalue weighted by atomic mass is 9.86. The summed E-state index contributed by atoms with van der Waals surface area (Å²) in [5.41, 5.74) is 5.83. The first-order valence-electron chi connectivity index (χ1n) is 16.3. The van der Waals surface area contributed by atoms with Gasteiger partial charge in [-0.2, -0.15) is 0 Å². The quantitative estimate of drug-likeness (QED) is 0.151. The Morgan fingerprint density at radius 1 is 1.00 bits per heavy atom. The van der Waals surface area contributed by atoms with Crippen LogP contribution in [0, 0.1) is 42.4 Å². The molecule has 0 radical (unpaired) electrons. The number of esters is 2. The highest BCUT2D eigenvalue weighted by molar-refractivity contribution is 5.90. The van der Waals surface area contributed by atoms with E-state index in [0.717, 1.165) is 66.2 Å². The van der Waals surface area contributed by atoms with Gasteiger partial charge in [0.25, 0.3) is 0 Å². The summed E-state index contributed by atoms with van der Waals surface area (Å²) in [6.45, 7) is 11.1. The van der Waals surface area contributed by atoms with Crippen LogP contribution in [-0.2, 0) is 31.9 Å². The zero-order chi connectivity index (χ0) is 32.5. The molecule has 0 amide bonds. The van der Waals surface area contributed by atoms with E-state index in [4.69, 9.17) is 19.0 Å². The molecule has 0 spiro atoms. The van der Waals surface area contributed by atoms with E-state index in [1.807, 2.05) is 24.3 Å². The SMILES string of the molecule is CO.Cc1ccc(C#Cc2ccc3oc4c(c3c2)CCC(C(=O)OCC2C/C(=C\CC(CC(C)C)CC(C)C)C(=O)O2)C4)cc1. The van der Waals surface area contributed by atoms with Crippen LogP contribution in [-0.4, -0.2) is 36.9 Å². The van der Waals surface area contributed by atoms with Crippen molar-refractivity contribution in [2.24, 2.45) is 23.7 Å². The minimum absolute atomic E-state index is 0.0931. The maximum absolute atomic E-state index is 13.0. The Morgan fingerprint density at radius 2 is 1.67 bits per heavy atom. The van der Waals surface area contributed by atoms with Gasteiger partial charge in [0, 0.05) is 47.6 Å². The second-order valence-corrected chi connectivity index (χ2v) is 13.2. The lowest BCUT2D eigenvalue weighted by Gasteiger charge is -2.20. The number of aliphatic hydroxyl groups is 1. The summed E-state index contributed by atoms with van der Waals surface area (Å²) < 4.78 is 17.4. The van der Waals surface area contributed by atoms with Crippen molar-refractivity contribution in [3.05, 3.63) is 82.1 Å². The standard InChI is InChI=1S/C38H44O5.CH4O/c1-24(2)18-29(19-25(3)4)12-14-30-21-32(42-38(30)40)23-41-37(39)31-15-16-33-34-20-28(13-17-35(34)43-36(33)22-31)11-10-27-8-6-26(5)7-9-27;1-2/h6-9,13-14,17,20,24-25,29,31-32H,12,15-16,18-19,21-23H2,1-5H3;2H,1H3/b30-14+;. The van der Waals surface area contributed by atoms with E-state index < -0.39 is 6.10 Å². The largest absolute Gasteiger partial charge is 0.462 e. The molecule has 0 bridgehead atoms. The third-order valence-corrected chi connectivity index (χ3v) is 8.49. The average Bonchev–Trinajstić information content (AvgIpc) is 3.57. The molecule has 6 nitrogen and oxygen atoms in total. The first kappa shape index (κ1) is 34.1. The molecule has 6 heteroatoms. The Balaban J connectivity index is 0.00000226. The number of carbonyl (C=O) groups is 2. The number of rotatable bonds is 9. The summed E-state index contributed by atoms with van der Waals surface area (Å²) in [6, 6.07) is 14.2. The smallest absolute Gasteiger partial charge is 0.334 e. The summed E-state index contributed by atoms with van der Waals surface area (Å²) >= 11 is 0. The van der Waals surface area contributed by atoms with E-state index in [9.17, 15) is 9.59 Å². The van der Waals surface area contributed by atoms with Gasteiger partial charge in [-0.15, -0.1) is 0 Å².